The normalized spacial score (nSPS) is 22.4. The van der Waals surface area contributed by atoms with Crippen molar-refractivity contribution in [1.29, 1.82) is 0 Å². The molecule has 2 atom stereocenters. The summed E-state index contributed by atoms with van der Waals surface area (Å²) in [6.07, 6.45) is 10.2. The van der Waals surface area contributed by atoms with Gasteiger partial charge in [0.2, 0.25) is 11.8 Å². The Hall–Kier alpha value is -2.16. The van der Waals surface area contributed by atoms with Crippen LogP contribution in [0.1, 0.15) is 43.8 Å². The average molecular weight is 424 g/mol. The Balaban J connectivity index is 1.33. The zero-order chi connectivity index (χ0) is 21.1. The first kappa shape index (κ1) is 21.5. The molecule has 0 spiro atoms. The summed E-state index contributed by atoms with van der Waals surface area (Å²) in [7, 11) is -3.08. The summed E-state index contributed by atoms with van der Waals surface area (Å²) in [5, 5.41) is 5.89. The molecule has 0 radical (unpaired) electrons. The number of carbonyl (C=O) groups is 2. The van der Waals surface area contributed by atoms with Gasteiger partial charge in [-0.1, -0.05) is 12.2 Å². The Morgan fingerprint density at radius 2 is 2.03 bits per heavy atom. The standard InChI is InChI=1S/C20H29N3O5S/c1-14-21-12-17(28-14)5-6-18(24)23-16-4-3-15(9-16)11-22-19(25)10-20(7-8-20)13-29(2,26)27/h3-4,12,15-16H,5-11,13H2,1-2H3,(H,22,25)(H,23,24)/t15-,16+/m0/s1. The molecule has 2 aliphatic carbocycles. The highest BCUT2D eigenvalue weighted by molar-refractivity contribution is 7.90. The largest absolute Gasteiger partial charge is 0.446 e. The first-order chi connectivity index (χ1) is 13.6. The van der Waals surface area contributed by atoms with Crippen molar-refractivity contribution in [2.45, 2.75) is 51.5 Å². The molecule has 29 heavy (non-hydrogen) atoms. The van der Waals surface area contributed by atoms with Gasteiger partial charge in [-0.2, -0.15) is 0 Å². The molecule has 0 bridgehead atoms. The Morgan fingerprint density at radius 1 is 1.28 bits per heavy atom. The molecule has 1 aromatic rings. The third-order valence-corrected chi connectivity index (χ3v) is 6.55. The van der Waals surface area contributed by atoms with E-state index in [1.54, 1.807) is 13.1 Å². The van der Waals surface area contributed by atoms with E-state index < -0.39 is 9.84 Å². The van der Waals surface area contributed by atoms with Crippen LogP contribution in [-0.4, -0.2) is 49.8 Å². The molecule has 8 nitrogen and oxygen atoms in total. The van der Waals surface area contributed by atoms with E-state index in [1.807, 2.05) is 12.2 Å². The Labute approximate surface area is 171 Å². The molecule has 0 saturated heterocycles. The number of hydrogen-bond donors (Lipinski definition) is 2. The highest BCUT2D eigenvalue weighted by Gasteiger charge is 2.46. The number of nitrogens with zero attached hydrogens (tertiary/aromatic N) is 1. The molecule has 0 aliphatic heterocycles. The molecule has 2 N–H and O–H groups in total. The van der Waals surface area contributed by atoms with Crippen LogP contribution in [0.25, 0.3) is 0 Å². The highest BCUT2D eigenvalue weighted by atomic mass is 32.2. The second-order valence-electron chi connectivity index (χ2n) is 8.45. The topological polar surface area (TPSA) is 118 Å². The van der Waals surface area contributed by atoms with Crippen LogP contribution in [-0.2, 0) is 25.8 Å². The van der Waals surface area contributed by atoms with Crippen molar-refractivity contribution in [3.63, 3.8) is 0 Å². The first-order valence-corrected chi connectivity index (χ1v) is 12.0. The lowest BCUT2D eigenvalue weighted by molar-refractivity contribution is -0.123. The predicted octanol–water partition coefficient (Wildman–Crippen LogP) is 1.31. The van der Waals surface area contributed by atoms with Gasteiger partial charge in [0.25, 0.3) is 0 Å². The smallest absolute Gasteiger partial charge is 0.220 e. The van der Waals surface area contributed by atoms with Crippen LogP contribution >= 0.6 is 0 Å². The van der Waals surface area contributed by atoms with Crippen molar-refractivity contribution < 1.29 is 22.4 Å². The Morgan fingerprint density at radius 3 is 2.66 bits per heavy atom. The number of carbonyl (C=O) groups excluding carboxylic acids is 2. The number of oxazole rings is 1. The van der Waals surface area contributed by atoms with Crippen molar-refractivity contribution in [3.8, 4) is 0 Å². The maximum atomic E-state index is 12.2. The second-order valence-corrected chi connectivity index (χ2v) is 10.6. The molecular weight excluding hydrogens is 394 g/mol. The van der Waals surface area contributed by atoms with Crippen molar-refractivity contribution in [2.75, 3.05) is 18.6 Å². The maximum Gasteiger partial charge on any atom is 0.220 e. The lowest BCUT2D eigenvalue weighted by Crippen LogP contribution is -2.35. The second kappa shape index (κ2) is 8.69. The molecular formula is C20H29N3O5S. The Bertz CT molecular complexity index is 886. The van der Waals surface area contributed by atoms with Gasteiger partial charge in [0.1, 0.15) is 15.6 Å². The molecule has 1 aromatic heterocycles. The minimum atomic E-state index is -3.08. The molecule has 2 aliphatic rings. The number of nitrogens with one attached hydrogen (secondary N) is 2. The highest BCUT2D eigenvalue weighted by Crippen LogP contribution is 2.49. The average Bonchev–Trinajstić information content (AvgIpc) is 3.02. The van der Waals surface area contributed by atoms with Crippen molar-refractivity contribution in [3.05, 3.63) is 30.0 Å². The van der Waals surface area contributed by atoms with Crippen LogP contribution in [0.4, 0.5) is 0 Å². The monoisotopic (exact) mass is 423 g/mol. The summed E-state index contributed by atoms with van der Waals surface area (Å²) in [5.41, 5.74) is -0.359. The number of hydrogen-bond acceptors (Lipinski definition) is 6. The Kier molecular flexibility index (Phi) is 6.45. The SMILES string of the molecule is Cc1ncc(CCC(=O)N[C@@H]2C=C[C@H](CNC(=O)CC3(CS(C)(=O)=O)CC3)C2)o1. The van der Waals surface area contributed by atoms with E-state index in [1.165, 1.54) is 6.26 Å². The number of aryl methyl sites for hydroxylation is 2. The molecule has 3 rings (SSSR count). The molecule has 9 heteroatoms. The van der Waals surface area contributed by atoms with E-state index in [0.717, 1.165) is 19.3 Å². The number of amides is 2. The zero-order valence-electron chi connectivity index (χ0n) is 16.9. The fraction of sp³-hybridized carbons (Fsp3) is 0.650. The van der Waals surface area contributed by atoms with Gasteiger partial charge in [-0.3, -0.25) is 9.59 Å². The first-order valence-electron chi connectivity index (χ1n) is 9.96. The van der Waals surface area contributed by atoms with Crippen molar-refractivity contribution in [1.82, 2.24) is 15.6 Å². The number of sulfone groups is 1. The predicted molar refractivity (Wildman–Crippen MR) is 108 cm³/mol. The third kappa shape index (κ3) is 6.99. The molecule has 1 saturated carbocycles. The maximum absolute atomic E-state index is 12.2. The van der Waals surface area contributed by atoms with Crippen LogP contribution in [0.5, 0.6) is 0 Å². The fourth-order valence-corrected chi connectivity index (χ4v) is 5.33. The summed E-state index contributed by atoms with van der Waals surface area (Å²) < 4.78 is 28.4. The van der Waals surface area contributed by atoms with E-state index in [4.69, 9.17) is 4.42 Å². The number of aromatic nitrogens is 1. The van der Waals surface area contributed by atoms with Gasteiger partial charge in [0.05, 0.1) is 11.9 Å². The van der Waals surface area contributed by atoms with E-state index in [-0.39, 0.29) is 41.4 Å². The van der Waals surface area contributed by atoms with E-state index in [0.29, 0.717) is 31.0 Å². The fourth-order valence-electron chi connectivity index (χ4n) is 3.82. The summed E-state index contributed by atoms with van der Waals surface area (Å²) in [4.78, 5) is 28.3. The zero-order valence-corrected chi connectivity index (χ0v) is 17.8. The van der Waals surface area contributed by atoms with Crippen LogP contribution < -0.4 is 10.6 Å². The van der Waals surface area contributed by atoms with Crippen molar-refractivity contribution in [2.24, 2.45) is 11.3 Å². The van der Waals surface area contributed by atoms with Gasteiger partial charge in [-0.15, -0.1) is 0 Å². The minimum absolute atomic E-state index is 0.0409. The van der Waals surface area contributed by atoms with Gasteiger partial charge in [-0.25, -0.2) is 13.4 Å². The van der Waals surface area contributed by atoms with Crippen LogP contribution in [0.15, 0.2) is 22.8 Å². The molecule has 160 valence electrons. The van der Waals surface area contributed by atoms with Crippen molar-refractivity contribution >= 4 is 21.7 Å². The summed E-state index contributed by atoms with van der Waals surface area (Å²) in [5.74, 6) is 1.38. The van der Waals surface area contributed by atoms with Crippen LogP contribution in [0.2, 0.25) is 0 Å². The molecule has 0 unspecified atom stereocenters. The third-order valence-electron chi connectivity index (χ3n) is 5.41. The summed E-state index contributed by atoms with van der Waals surface area (Å²) in [6.45, 7) is 2.26. The van der Waals surface area contributed by atoms with E-state index in [9.17, 15) is 18.0 Å². The van der Waals surface area contributed by atoms with E-state index >= 15 is 0 Å². The molecule has 1 fully saturated rings. The summed E-state index contributed by atoms with van der Waals surface area (Å²) >= 11 is 0. The molecule has 1 heterocycles. The van der Waals surface area contributed by atoms with Gasteiger partial charge in [-0.05, 0) is 30.6 Å². The molecule has 0 aromatic carbocycles. The van der Waals surface area contributed by atoms with Gasteiger partial charge in [0, 0.05) is 45.0 Å². The number of rotatable bonds is 10. The van der Waals surface area contributed by atoms with Gasteiger partial charge >= 0.3 is 0 Å². The minimum Gasteiger partial charge on any atom is -0.446 e. The summed E-state index contributed by atoms with van der Waals surface area (Å²) in [6, 6.07) is -0.0409. The van der Waals surface area contributed by atoms with Gasteiger partial charge in [0.15, 0.2) is 5.89 Å². The quantitative estimate of drug-likeness (QED) is 0.548. The van der Waals surface area contributed by atoms with Crippen LogP contribution in [0, 0.1) is 18.3 Å². The van der Waals surface area contributed by atoms with Crippen LogP contribution in [0.3, 0.4) is 0 Å². The van der Waals surface area contributed by atoms with E-state index in [2.05, 4.69) is 15.6 Å². The van der Waals surface area contributed by atoms with Gasteiger partial charge < -0.3 is 15.1 Å². The molecule has 2 amide bonds. The lowest BCUT2D eigenvalue weighted by Gasteiger charge is -2.16. The lowest BCUT2D eigenvalue weighted by atomic mass is 10.0.